The van der Waals surface area contributed by atoms with Crippen LogP contribution in [0.5, 0.6) is 0 Å². The number of quaternary nitrogens is 1. The zero-order valence-corrected chi connectivity index (χ0v) is 21.7. The van der Waals surface area contributed by atoms with E-state index in [-0.39, 0.29) is 11.3 Å². The molecule has 186 valence electrons. The number of hydrogen-bond acceptors (Lipinski definition) is 6. The Bertz CT molecular complexity index is 1340. The molecule has 3 heterocycles. The predicted molar refractivity (Wildman–Crippen MR) is 144 cm³/mol. The number of ether oxygens (including phenoxy) is 1. The van der Waals surface area contributed by atoms with Gasteiger partial charge in [0.25, 0.3) is 5.91 Å². The zero-order chi connectivity index (χ0) is 25.1. The molecule has 0 radical (unpaired) electrons. The Morgan fingerprint density at radius 1 is 1.03 bits per heavy atom. The summed E-state index contributed by atoms with van der Waals surface area (Å²) in [6.07, 6.45) is 0. The van der Waals surface area contributed by atoms with Gasteiger partial charge in [-0.05, 0) is 28.7 Å². The van der Waals surface area contributed by atoms with Crippen LogP contribution in [0.25, 0.3) is 21.3 Å². The van der Waals surface area contributed by atoms with Gasteiger partial charge in [-0.2, -0.15) is 0 Å². The Kier molecular flexibility index (Phi) is 7.00. The molecule has 36 heavy (non-hydrogen) atoms. The molecule has 2 aromatic carbocycles. The first-order valence-corrected chi connectivity index (χ1v) is 13.2. The summed E-state index contributed by atoms with van der Waals surface area (Å²) in [4.78, 5) is 25.0. The number of benzene rings is 2. The van der Waals surface area contributed by atoms with Crippen molar-refractivity contribution >= 4 is 33.3 Å². The fourth-order valence-electron chi connectivity index (χ4n) is 4.36. The fourth-order valence-corrected chi connectivity index (χ4v) is 5.32. The lowest BCUT2D eigenvalue weighted by molar-refractivity contribution is -0.922. The minimum atomic E-state index is -0.209. The van der Waals surface area contributed by atoms with Gasteiger partial charge in [0, 0.05) is 16.5 Å². The number of hydrazine groups is 1. The predicted octanol–water partition coefficient (Wildman–Crippen LogP) is 3.83. The highest BCUT2D eigenvalue weighted by Gasteiger charge is 2.21. The minimum absolute atomic E-state index is 0.0332. The summed E-state index contributed by atoms with van der Waals surface area (Å²) in [5.41, 5.74) is 9.94. The highest BCUT2D eigenvalue weighted by Crippen LogP contribution is 2.36. The molecular formula is C28H32N5O2S+. The van der Waals surface area contributed by atoms with Crippen molar-refractivity contribution in [3.8, 4) is 11.1 Å². The molecule has 1 amide bonds. The largest absolute Gasteiger partial charge is 0.370 e. The minimum Gasteiger partial charge on any atom is -0.370 e. The molecule has 0 saturated carbocycles. The van der Waals surface area contributed by atoms with E-state index in [1.807, 2.05) is 42.5 Å². The first-order chi connectivity index (χ1) is 17.4. The van der Waals surface area contributed by atoms with E-state index in [9.17, 15) is 4.79 Å². The van der Waals surface area contributed by atoms with Crippen molar-refractivity contribution in [1.29, 1.82) is 0 Å². The van der Waals surface area contributed by atoms with Crippen LogP contribution in [0, 0.1) is 0 Å². The second-order valence-electron chi connectivity index (χ2n) is 10.1. The van der Waals surface area contributed by atoms with E-state index >= 15 is 0 Å². The SMILES string of the molecule is CC(C)(C)c1ccc(C(=O)NNc2nc(C[NH+]3CCOCC3)nc3scc(-c4ccccc4)c23)cc1. The Balaban J connectivity index is 1.44. The number of thiophene rings is 1. The standard InChI is InChI=1S/C28H31N5O2S/c1-28(2,3)21-11-9-20(10-12-21)26(34)32-31-25-24-22(19-7-5-4-6-8-19)18-36-27(24)30-23(29-25)17-33-13-15-35-16-14-33/h4-12,18H,13-17H2,1-3H3,(H,32,34)(H,29,30,31)/p+1. The zero-order valence-electron chi connectivity index (χ0n) is 20.9. The lowest BCUT2D eigenvalue weighted by Gasteiger charge is -2.23. The van der Waals surface area contributed by atoms with Gasteiger partial charge in [0.2, 0.25) is 0 Å². The molecule has 1 aliphatic rings. The van der Waals surface area contributed by atoms with Gasteiger partial charge in [-0.3, -0.25) is 15.6 Å². The molecule has 0 unspecified atom stereocenters. The molecule has 1 aliphatic heterocycles. The summed E-state index contributed by atoms with van der Waals surface area (Å²) in [6, 6.07) is 17.9. The highest BCUT2D eigenvalue weighted by atomic mass is 32.1. The molecule has 5 rings (SSSR count). The number of anilines is 1. The number of amides is 1. The summed E-state index contributed by atoms with van der Waals surface area (Å²) in [7, 11) is 0. The van der Waals surface area contributed by atoms with Crippen LogP contribution in [0.15, 0.2) is 60.0 Å². The Morgan fingerprint density at radius 2 is 1.75 bits per heavy atom. The lowest BCUT2D eigenvalue weighted by atomic mass is 9.87. The van der Waals surface area contributed by atoms with Crippen LogP contribution in [-0.2, 0) is 16.7 Å². The summed E-state index contributed by atoms with van der Waals surface area (Å²) in [6.45, 7) is 10.6. The van der Waals surface area contributed by atoms with Crippen molar-refractivity contribution in [2.75, 3.05) is 31.7 Å². The van der Waals surface area contributed by atoms with Crippen molar-refractivity contribution in [3.05, 3.63) is 76.9 Å². The van der Waals surface area contributed by atoms with Crippen LogP contribution in [0.4, 0.5) is 5.82 Å². The number of hydrogen-bond donors (Lipinski definition) is 3. The third-order valence-corrected chi connectivity index (χ3v) is 7.35. The third kappa shape index (κ3) is 5.41. The van der Waals surface area contributed by atoms with E-state index in [1.165, 1.54) is 10.5 Å². The van der Waals surface area contributed by atoms with E-state index in [0.717, 1.165) is 60.0 Å². The molecule has 0 atom stereocenters. The number of nitrogens with zero attached hydrogens (tertiary/aromatic N) is 2. The topological polar surface area (TPSA) is 80.6 Å². The molecule has 1 saturated heterocycles. The van der Waals surface area contributed by atoms with E-state index in [0.29, 0.717) is 11.4 Å². The van der Waals surface area contributed by atoms with Crippen LogP contribution >= 0.6 is 11.3 Å². The number of nitrogens with one attached hydrogen (secondary N) is 3. The van der Waals surface area contributed by atoms with Gasteiger partial charge in [0.1, 0.15) is 24.5 Å². The van der Waals surface area contributed by atoms with Crippen LogP contribution in [0.3, 0.4) is 0 Å². The van der Waals surface area contributed by atoms with Crippen molar-refractivity contribution in [1.82, 2.24) is 15.4 Å². The average molecular weight is 503 g/mol. The molecule has 0 spiro atoms. The van der Waals surface area contributed by atoms with Gasteiger partial charge < -0.3 is 9.64 Å². The normalized spacial score (nSPS) is 14.6. The Labute approximate surface area is 215 Å². The molecule has 2 aromatic heterocycles. The number of carbonyl (C=O) groups excluding carboxylic acids is 1. The molecule has 0 aliphatic carbocycles. The third-order valence-electron chi connectivity index (χ3n) is 6.48. The van der Waals surface area contributed by atoms with Crippen molar-refractivity contribution in [3.63, 3.8) is 0 Å². The lowest BCUT2D eigenvalue weighted by Crippen LogP contribution is -3.12. The molecule has 3 N–H and O–H groups in total. The maximum absolute atomic E-state index is 13.0. The van der Waals surface area contributed by atoms with Gasteiger partial charge in [0.15, 0.2) is 11.6 Å². The monoisotopic (exact) mass is 502 g/mol. The van der Waals surface area contributed by atoms with Crippen molar-refractivity contribution in [2.24, 2.45) is 0 Å². The number of aromatic nitrogens is 2. The van der Waals surface area contributed by atoms with Gasteiger partial charge >= 0.3 is 0 Å². The molecular weight excluding hydrogens is 470 g/mol. The number of rotatable bonds is 6. The number of fused-ring (bicyclic) bond motifs is 1. The fraction of sp³-hybridized carbons (Fsp3) is 0.321. The first-order valence-electron chi connectivity index (χ1n) is 12.3. The van der Waals surface area contributed by atoms with E-state index in [2.05, 4.69) is 49.1 Å². The maximum Gasteiger partial charge on any atom is 0.269 e. The second kappa shape index (κ2) is 10.3. The van der Waals surface area contributed by atoms with Crippen molar-refractivity contribution < 1.29 is 14.4 Å². The molecule has 1 fully saturated rings. The van der Waals surface area contributed by atoms with Crippen molar-refractivity contribution in [2.45, 2.75) is 32.7 Å². The second-order valence-corrected chi connectivity index (χ2v) is 11.0. The van der Waals surface area contributed by atoms with Crippen LogP contribution < -0.4 is 15.8 Å². The first kappa shape index (κ1) is 24.4. The Hall–Kier alpha value is -3.33. The summed E-state index contributed by atoms with van der Waals surface area (Å²) < 4.78 is 5.50. The Morgan fingerprint density at radius 3 is 2.44 bits per heavy atom. The van der Waals surface area contributed by atoms with Gasteiger partial charge in [0.05, 0.1) is 18.6 Å². The molecule has 7 nitrogen and oxygen atoms in total. The van der Waals surface area contributed by atoms with Crippen LogP contribution in [0.2, 0.25) is 0 Å². The highest BCUT2D eigenvalue weighted by molar-refractivity contribution is 7.17. The van der Waals surface area contributed by atoms with Crippen LogP contribution in [0.1, 0.15) is 42.5 Å². The van der Waals surface area contributed by atoms with Gasteiger partial charge in [-0.1, -0.05) is 63.2 Å². The molecule has 4 aromatic rings. The average Bonchev–Trinajstić information content (AvgIpc) is 3.32. The van der Waals surface area contributed by atoms with E-state index < -0.39 is 0 Å². The molecule has 0 bridgehead atoms. The smallest absolute Gasteiger partial charge is 0.269 e. The number of carbonyl (C=O) groups is 1. The van der Waals surface area contributed by atoms with E-state index in [1.54, 1.807) is 11.3 Å². The quantitative estimate of drug-likeness (QED) is 0.349. The van der Waals surface area contributed by atoms with Gasteiger partial charge in [-0.25, -0.2) is 9.97 Å². The summed E-state index contributed by atoms with van der Waals surface area (Å²) in [5, 5.41) is 3.02. The summed E-state index contributed by atoms with van der Waals surface area (Å²) >= 11 is 1.60. The molecule has 8 heteroatoms. The maximum atomic E-state index is 13.0. The number of morpholine rings is 1. The van der Waals surface area contributed by atoms with Crippen LogP contribution in [-0.4, -0.2) is 42.2 Å². The van der Waals surface area contributed by atoms with Gasteiger partial charge in [-0.15, -0.1) is 11.3 Å². The summed E-state index contributed by atoms with van der Waals surface area (Å²) in [5.74, 6) is 1.16. The van der Waals surface area contributed by atoms with E-state index in [4.69, 9.17) is 14.7 Å².